The number of aromatic nitrogens is 1. The van der Waals surface area contributed by atoms with Crippen molar-refractivity contribution in [1.29, 1.82) is 0 Å². The molecule has 0 bridgehead atoms. The fraction of sp³-hybridized carbons (Fsp3) is 0.167. The van der Waals surface area contributed by atoms with Gasteiger partial charge in [-0.25, -0.2) is 9.37 Å². The van der Waals surface area contributed by atoms with E-state index in [-0.39, 0.29) is 5.82 Å². The highest BCUT2D eigenvalue weighted by molar-refractivity contribution is 6.01. The Hall–Kier alpha value is -1.97. The molecule has 1 heterocycles. The van der Waals surface area contributed by atoms with Crippen LogP contribution in [0.2, 0.25) is 0 Å². The highest BCUT2D eigenvalue weighted by Gasteiger charge is 2.08. The second-order valence-electron chi connectivity index (χ2n) is 3.62. The molecule has 0 radical (unpaired) electrons. The Balaban J connectivity index is 2.77. The second-order valence-corrected chi connectivity index (χ2v) is 3.62. The van der Waals surface area contributed by atoms with E-state index in [0.29, 0.717) is 22.3 Å². The molecule has 1 aromatic carbocycles. The Morgan fingerprint density at radius 1 is 1.44 bits per heavy atom. The van der Waals surface area contributed by atoms with Gasteiger partial charge in [0.05, 0.1) is 5.71 Å². The molecule has 2 rings (SSSR count). The maximum absolute atomic E-state index is 13.4. The van der Waals surface area contributed by atoms with Gasteiger partial charge in [-0.2, -0.15) is 0 Å². The van der Waals surface area contributed by atoms with Gasteiger partial charge in [0.25, 0.3) is 0 Å². The summed E-state index contributed by atoms with van der Waals surface area (Å²) in [6.45, 7) is 3.44. The van der Waals surface area contributed by atoms with Gasteiger partial charge in [-0.15, -0.1) is 0 Å². The highest BCUT2D eigenvalue weighted by atomic mass is 19.1. The van der Waals surface area contributed by atoms with Crippen molar-refractivity contribution in [1.82, 2.24) is 4.98 Å². The number of hydrogen-bond donors (Lipinski definition) is 1. The van der Waals surface area contributed by atoms with Gasteiger partial charge in [-0.05, 0) is 26.0 Å². The summed E-state index contributed by atoms with van der Waals surface area (Å²) in [5.74, 6) is -0.342. The average Bonchev–Trinajstić information content (AvgIpc) is 2.29. The van der Waals surface area contributed by atoms with Crippen molar-refractivity contribution < 1.29 is 9.60 Å². The van der Waals surface area contributed by atoms with Crippen molar-refractivity contribution >= 4 is 16.6 Å². The third-order valence-electron chi connectivity index (χ3n) is 2.53. The van der Waals surface area contributed by atoms with E-state index in [1.54, 1.807) is 32.0 Å². The minimum absolute atomic E-state index is 0.342. The van der Waals surface area contributed by atoms with Crippen LogP contribution in [0.4, 0.5) is 4.39 Å². The molecule has 0 aliphatic carbocycles. The third kappa shape index (κ3) is 1.62. The molecule has 16 heavy (non-hydrogen) atoms. The fourth-order valence-corrected chi connectivity index (χ4v) is 1.67. The quantitative estimate of drug-likeness (QED) is 0.454. The van der Waals surface area contributed by atoms with Gasteiger partial charge in [0, 0.05) is 16.6 Å². The van der Waals surface area contributed by atoms with Gasteiger partial charge in [-0.3, -0.25) is 0 Å². The van der Waals surface area contributed by atoms with E-state index in [9.17, 15) is 4.39 Å². The van der Waals surface area contributed by atoms with Crippen molar-refractivity contribution in [2.24, 2.45) is 5.16 Å². The molecule has 0 aliphatic rings. The van der Waals surface area contributed by atoms with Crippen LogP contribution in [-0.2, 0) is 0 Å². The Morgan fingerprint density at radius 2 is 2.19 bits per heavy atom. The molecule has 0 atom stereocenters. The normalized spacial score (nSPS) is 12.1. The molecule has 3 nitrogen and oxygen atoms in total. The summed E-state index contributed by atoms with van der Waals surface area (Å²) < 4.78 is 13.4. The first-order valence-corrected chi connectivity index (χ1v) is 4.88. The Kier molecular flexibility index (Phi) is 2.56. The number of halogens is 1. The molecular formula is C12H11FN2O. The van der Waals surface area contributed by atoms with E-state index in [1.165, 1.54) is 6.07 Å². The van der Waals surface area contributed by atoms with Crippen LogP contribution >= 0.6 is 0 Å². The van der Waals surface area contributed by atoms with E-state index >= 15 is 0 Å². The average molecular weight is 218 g/mol. The van der Waals surface area contributed by atoms with Crippen molar-refractivity contribution in [2.75, 3.05) is 0 Å². The van der Waals surface area contributed by atoms with Crippen LogP contribution in [0, 0.1) is 12.7 Å². The number of aryl methyl sites for hydroxylation is 1. The SMILES string of the molecule is CC(=NO)c1cc2cccc(F)c2nc1C. The number of fused-ring (bicyclic) bond motifs is 1. The number of rotatable bonds is 1. The van der Waals surface area contributed by atoms with Crippen LogP contribution < -0.4 is 0 Å². The van der Waals surface area contributed by atoms with Gasteiger partial charge in [0.15, 0.2) is 0 Å². The van der Waals surface area contributed by atoms with Gasteiger partial charge in [0.2, 0.25) is 0 Å². The molecule has 4 heteroatoms. The Labute approximate surface area is 92.2 Å². The molecule has 0 saturated carbocycles. The molecule has 0 unspecified atom stereocenters. The number of nitrogens with zero attached hydrogens (tertiary/aromatic N) is 2. The molecule has 2 aromatic rings. The summed E-state index contributed by atoms with van der Waals surface area (Å²) in [6, 6.07) is 6.56. The standard InChI is InChI=1S/C12H11FN2O/c1-7-10(8(2)15-16)6-9-4-3-5-11(13)12(9)14-7/h3-6,16H,1-2H3. The summed E-state index contributed by atoms with van der Waals surface area (Å²) in [4.78, 5) is 4.18. The first kappa shape index (κ1) is 10.5. The first-order valence-electron chi connectivity index (χ1n) is 4.88. The second kappa shape index (κ2) is 3.89. The third-order valence-corrected chi connectivity index (χ3v) is 2.53. The lowest BCUT2D eigenvalue weighted by atomic mass is 10.1. The van der Waals surface area contributed by atoms with Crippen LogP contribution in [0.5, 0.6) is 0 Å². The van der Waals surface area contributed by atoms with Crippen LogP contribution in [0.3, 0.4) is 0 Å². The van der Waals surface area contributed by atoms with Crippen molar-refractivity contribution in [3.8, 4) is 0 Å². The summed E-state index contributed by atoms with van der Waals surface area (Å²) >= 11 is 0. The summed E-state index contributed by atoms with van der Waals surface area (Å²) in [5, 5.41) is 12.6. The molecule has 0 fully saturated rings. The zero-order chi connectivity index (χ0) is 11.7. The van der Waals surface area contributed by atoms with E-state index in [0.717, 1.165) is 5.56 Å². The molecule has 82 valence electrons. The number of para-hydroxylation sites is 1. The molecule has 0 saturated heterocycles. The van der Waals surface area contributed by atoms with Crippen LogP contribution in [-0.4, -0.2) is 15.9 Å². The van der Waals surface area contributed by atoms with Gasteiger partial charge in [-0.1, -0.05) is 17.3 Å². The molecule has 1 N–H and O–H groups in total. The lowest BCUT2D eigenvalue weighted by Crippen LogP contribution is -2.01. The number of hydrogen-bond acceptors (Lipinski definition) is 3. The van der Waals surface area contributed by atoms with Crippen molar-refractivity contribution in [3.63, 3.8) is 0 Å². The summed E-state index contributed by atoms with van der Waals surface area (Å²) in [7, 11) is 0. The lowest BCUT2D eigenvalue weighted by molar-refractivity contribution is 0.319. The van der Waals surface area contributed by atoms with Crippen LogP contribution in [0.15, 0.2) is 29.4 Å². The minimum atomic E-state index is -0.342. The molecule has 1 aromatic heterocycles. The minimum Gasteiger partial charge on any atom is -0.411 e. The van der Waals surface area contributed by atoms with Gasteiger partial charge < -0.3 is 5.21 Å². The van der Waals surface area contributed by atoms with Crippen LogP contribution in [0.25, 0.3) is 10.9 Å². The predicted molar refractivity (Wildman–Crippen MR) is 60.4 cm³/mol. The predicted octanol–water partition coefficient (Wildman–Crippen LogP) is 2.88. The Bertz CT molecular complexity index is 578. The largest absolute Gasteiger partial charge is 0.411 e. The maximum Gasteiger partial charge on any atom is 0.149 e. The fourth-order valence-electron chi connectivity index (χ4n) is 1.67. The van der Waals surface area contributed by atoms with E-state index in [2.05, 4.69) is 10.1 Å². The topological polar surface area (TPSA) is 45.5 Å². The number of pyridine rings is 1. The van der Waals surface area contributed by atoms with E-state index in [1.807, 2.05) is 0 Å². The molecular weight excluding hydrogens is 207 g/mol. The van der Waals surface area contributed by atoms with E-state index < -0.39 is 0 Å². The maximum atomic E-state index is 13.4. The van der Waals surface area contributed by atoms with Crippen molar-refractivity contribution in [3.05, 3.63) is 41.3 Å². The zero-order valence-electron chi connectivity index (χ0n) is 9.03. The van der Waals surface area contributed by atoms with Gasteiger partial charge >= 0.3 is 0 Å². The molecule has 0 spiro atoms. The Morgan fingerprint density at radius 3 is 2.88 bits per heavy atom. The zero-order valence-corrected chi connectivity index (χ0v) is 9.03. The number of oxime groups is 1. The lowest BCUT2D eigenvalue weighted by Gasteiger charge is -2.06. The summed E-state index contributed by atoms with van der Waals surface area (Å²) in [5.41, 5.74) is 2.18. The van der Waals surface area contributed by atoms with E-state index in [4.69, 9.17) is 5.21 Å². The smallest absolute Gasteiger partial charge is 0.149 e. The summed E-state index contributed by atoms with van der Waals surface area (Å²) in [6.07, 6.45) is 0. The monoisotopic (exact) mass is 218 g/mol. The highest BCUT2D eigenvalue weighted by Crippen LogP contribution is 2.19. The molecule has 0 aliphatic heterocycles. The van der Waals surface area contributed by atoms with Crippen LogP contribution in [0.1, 0.15) is 18.2 Å². The van der Waals surface area contributed by atoms with Crippen molar-refractivity contribution in [2.45, 2.75) is 13.8 Å². The number of benzene rings is 1. The molecule has 0 amide bonds. The first-order chi connectivity index (χ1) is 7.63. The van der Waals surface area contributed by atoms with Gasteiger partial charge in [0.1, 0.15) is 11.3 Å².